The molecular formula is C14H22N2O3S2. The Hall–Kier alpha value is -0.920. The van der Waals surface area contributed by atoms with Gasteiger partial charge in [-0.1, -0.05) is 25.3 Å². The average molecular weight is 330 g/mol. The van der Waals surface area contributed by atoms with Crippen molar-refractivity contribution >= 4 is 27.3 Å². The summed E-state index contributed by atoms with van der Waals surface area (Å²) in [6.45, 7) is 0.854. The average Bonchev–Trinajstić information content (AvgIpc) is 3.01. The normalized spacial score (nSPS) is 16.8. The molecule has 0 bridgehead atoms. The Labute approximate surface area is 130 Å². The Bertz CT molecular complexity index is 535. The predicted molar refractivity (Wildman–Crippen MR) is 83.7 cm³/mol. The van der Waals surface area contributed by atoms with Crippen molar-refractivity contribution in [2.45, 2.75) is 42.7 Å². The molecule has 21 heavy (non-hydrogen) atoms. The van der Waals surface area contributed by atoms with Crippen LogP contribution in [0.1, 0.15) is 38.5 Å². The highest BCUT2D eigenvalue weighted by atomic mass is 32.2. The van der Waals surface area contributed by atoms with Crippen molar-refractivity contribution in [1.29, 1.82) is 0 Å². The standard InChI is InChI=1S/C14H22N2O3S2/c17-13(15-11-12-5-2-1-3-6-12)8-9-16-21(18,19)14-7-4-10-20-14/h4,7,10,12,16H,1-3,5-6,8-9,11H2,(H,15,17). The molecule has 1 amide bonds. The van der Waals surface area contributed by atoms with Crippen LogP contribution >= 0.6 is 11.3 Å². The van der Waals surface area contributed by atoms with Gasteiger partial charge in [0.2, 0.25) is 15.9 Å². The van der Waals surface area contributed by atoms with E-state index in [2.05, 4.69) is 10.0 Å². The molecule has 5 nitrogen and oxygen atoms in total. The second kappa shape index (κ2) is 7.91. The zero-order valence-electron chi connectivity index (χ0n) is 12.0. The van der Waals surface area contributed by atoms with E-state index in [1.165, 1.54) is 43.4 Å². The highest BCUT2D eigenvalue weighted by Crippen LogP contribution is 2.22. The van der Waals surface area contributed by atoms with Gasteiger partial charge in [0.05, 0.1) is 0 Å². The van der Waals surface area contributed by atoms with Crippen molar-refractivity contribution in [1.82, 2.24) is 10.0 Å². The summed E-state index contributed by atoms with van der Waals surface area (Å²) in [5.41, 5.74) is 0. The topological polar surface area (TPSA) is 75.3 Å². The zero-order valence-corrected chi connectivity index (χ0v) is 13.6. The quantitative estimate of drug-likeness (QED) is 0.804. The van der Waals surface area contributed by atoms with Gasteiger partial charge in [-0.15, -0.1) is 11.3 Å². The van der Waals surface area contributed by atoms with Gasteiger partial charge < -0.3 is 5.32 Å². The molecule has 0 aromatic carbocycles. The van der Waals surface area contributed by atoms with Crippen molar-refractivity contribution in [3.63, 3.8) is 0 Å². The van der Waals surface area contributed by atoms with Crippen LogP contribution in [0, 0.1) is 5.92 Å². The lowest BCUT2D eigenvalue weighted by atomic mass is 9.89. The molecule has 1 saturated carbocycles. The van der Waals surface area contributed by atoms with Gasteiger partial charge in [0, 0.05) is 19.5 Å². The summed E-state index contributed by atoms with van der Waals surface area (Å²) in [5, 5.41) is 4.62. The van der Waals surface area contributed by atoms with E-state index in [9.17, 15) is 13.2 Å². The first-order chi connectivity index (χ1) is 10.1. The maximum absolute atomic E-state index is 11.8. The number of carbonyl (C=O) groups is 1. The molecule has 0 unspecified atom stereocenters. The molecule has 1 heterocycles. The van der Waals surface area contributed by atoms with Crippen LogP contribution in [0.15, 0.2) is 21.7 Å². The smallest absolute Gasteiger partial charge is 0.250 e. The molecule has 118 valence electrons. The molecule has 0 aliphatic heterocycles. The van der Waals surface area contributed by atoms with E-state index in [4.69, 9.17) is 0 Å². The van der Waals surface area contributed by atoms with E-state index in [0.717, 1.165) is 6.54 Å². The van der Waals surface area contributed by atoms with Crippen LogP contribution in [-0.2, 0) is 14.8 Å². The number of thiophene rings is 1. The summed E-state index contributed by atoms with van der Waals surface area (Å²) in [7, 11) is -3.46. The van der Waals surface area contributed by atoms with Gasteiger partial charge in [0.15, 0.2) is 0 Å². The Kier molecular flexibility index (Phi) is 6.20. The molecule has 0 atom stereocenters. The largest absolute Gasteiger partial charge is 0.356 e. The van der Waals surface area contributed by atoms with Gasteiger partial charge in [-0.3, -0.25) is 4.79 Å². The van der Waals surface area contributed by atoms with Crippen LogP contribution in [0.4, 0.5) is 0 Å². The van der Waals surface area contributed by atoms with Gasteiger partial charge in [-0.05, 0) is 30.2 Å². The second-order valence-corrected chi connectivity index (χ2v) is 8.33. The summed E-state index contributed by atoms with van der Waals surface area (Å²) in [6, 6.07) is 3.24. The molecule has 1 aliphatic rings. The number of hydrogen-bond donors (Lipinski definition) is 2. The minimum absolute atomic E-state index is 0.0885. The first-order valence-electron chi connectivity index (χ1n) is 7.38. The van der Waals surface area contributed by atoms with E-state index in [0.29, 0.717) is 5.92 Å². The van der Waals surface area contributed by atoms with Gasteiger partial charge >= 0.3 is 0 Å². The fourth-order valence-electron chi connectivity index (χ4n) is 2.52. The zero-order chi connectivity index (χ0) is 15.1. The lowest BCUT2D eigenvalue weighted by Crippen LogP contribution is -2.33. The minimum atomic E-state index is -3.46. The molecule has 2 rings (SSSR count). The molecule has 2 N–H and O–H groups in total. The van der Waals surface area contributed by atoms with Crippen LogP contribution in [0.3, 0.4) is 0 Å². The van der Waals surface area contributed by atoms with Gasteiger partial charge in [-0.2, -0.15) is 0 Å². The van der Waals surface area contributed by atoms with Crippen molar-refractivity contribution in [2.24, 2.45) is 5.92 Å². The van der Waals surface area contributed by atoms with Crippen molar-refractivity contribution < 1.29 is 13.2 Å². The van der Waals surface area contributed by atoms with Crippen molar-refractivity contribution in [3.8, 4) is 0 Å². The Morgan fingerprint density at radius 1 is 1.29 bits per heavy atom. The maximum Gasteiger partial charge on any atom is 0.250 e. The molecule has 1 aromatic heterocycles. The summed E-state index contributed by atoms with van der Waals surface area (Å²) in [5.74, 6) is 0.500. The molecular weight excluding hydrogens is 308 g/mol. The van der Waals surface area contributed by atoms with Crippen molar-refractivity contribution in [2.75, 3.05) is 13.1 Å². The highest BCUT2D eigenvalue weighted by Gasteiger charge is 2.16. The minimum Gasteiger partial charge on any atom is -0.356 e. The fraction of sp³-hybridized carbons (Fsp3) is 0.643. The number of amides is 1. The molecule has 1 fully saturated rings. The SMILES string of the molecule is O=C(CCNS(=O)(=O)c1cccs1)NCC1CCCCC1. The van der Waals surface area contributed by atoms with E-state index in [-0.39, 0.29) is 23.1 Å². The van der Waals surface area contributed by atoms with Crippen LogP contribution in [0.5, 0.6) is 0 Å². The Morgan fingerprint density at radius 2 is 2.05 bits per heavy atom. The molecule has 0 radical (unpaired) electrons. The lowest BCUT2D eigenvalue weighted by molar-refractivity contribution is -0.121. The Balaban J connectivity index is 1.65. The fourth-order valence-corrected chi connectivity index (χ4v) is 4.59. The first kappa shape index (κ1) is 16.5. The summed E-state index contributed by atoms with van der Waals surface area (Å²) in [4.78, 5) is 11.7. The van der Waals surface area contributed by atoms with Crippen LogP contribution in [-0.4, -0.2) is 27.4 Å². The third kappa shape index (κ3) is 5.41. The van der Waals surface area contributed by atoms with E-state index in [1.807, 2.05) is 0 Å². The van der Waals surface area contributed by atoms with E-state index < -0.39 is 10.0 Å². The van der Waals surface area contributed by atoms with Crippen LogP contribution in [0.2, 0.25) is 0 Å². The number of rotatable bonds is 7. The summed E-state index contributed by atoms with van der Waals surface area (Å²) < 4.78 is 26.4. The molecule has 0 spiro atoms. The molecule has 1 aliphatic carbocycles. The van der Waals surface area contributed by atoms with E-state index >= 15 is 0 Å². The van der Waals surface area contributed by atoms with E-state index in [1.54, 1.807) is 17.5 Å². The van der Waals surface area contributed by atoms with Crippen LogP contribution < -0.4 is 10.0 Å². The molecule has 1 aromatic rings. The Morgan fingerprint density at radius 3 is 2.71 bits per heavy atom. The van der Waals surface area contributed by atoms with Gasteiger partial charge in [-0.25, -0.2) is 13.1 Å². The third-order valence-corrected chi connectivity index (χ3v) is 6.58. The van der Waals surface area contributed by atoms with Gasteiger partial charge in [0.25, 0.3) is 0 Å². The number of nitrogens with one attached hydrogen (secondary N) is 2. The highest BCUT2D eigenvalue weighted by molar-refractivity contribution is 7.91. The molecule has 7 heteroatoms. The number of carbonyl (C=O) groups excluding carboxylic acids is 1. The van der Waals surface area contributed by atoms with Gasteiger partial charge in [0.1, 0.15) is 4.21 Å². The second-order valence-electron chi connectivity index (χ2n) is 5.39. The summed E-state index contributed by atoms with van der Waals surface area (Å²) >= 11 is 1.17. The lowest BCUT2D eigenvalue weighted by Gasteiger charge is -2.21. The first-order valence-corrected chi connectivity index (χ1v) is 9.74. The predicted octanol–water partition coefficient (Wildman–Crippen LogP) is 2.11. The monoisotopic (exact) mass is 330 g/mol. The number of sulfonamides is 1. The summed E-state index contributed by atoms with van der Waals surface area (Å²) in [6.07, 6.45) is 6.35. The maximum atomic E-state index is 11.8. The third-order valence-electron chi connectivity index (χ3n) is 3.72. The number of hydrogen-bond acceptors (Lipinski definition) is 4. The molecule has 0 saturated heterocycles. The van der Waals surface area contributed by atoms with Crippen molar-refractivity contribution in [3.05, 3.63) is 17.5 Å². The van der Waals surface area contributed by atoms with Crippen LogP contribution in [0.25, 0.3) is 0 Å².